The van der Waals surface area contributed by atoms with Gasteiger partial charge in [-0.1, -0.05) is 20.8 Å². The van der Waals surface area contributed by atoms with Crippen molar-refractivity contribution in [2.45, 2.75) is 211 Å². The number of alkyl carbamates (subject to hydrolysis) is 1. The number of anilines is 1. The Kier molecular flexibility index (Phi) is 21.8. The lowest BCUT2D eigenvalue weighted by atomic mass is 9.77. The van der Waals surface area contributed by atoms with Gasteiger partial charge in [0.15, 0.2) is 18.7 Å². The van der Waals surface area contributed by atoms with Crippen LogP contribution in [-0.4, -0.2) is 209 Å². The number of nitrogens with zero attached hydrogens (tertiary/aromatic N) is 3. The maximum Gasteiger partial charge on any atom is 0.407 e. The van der Waals surface area contributed by atoms with Crippen LogP contribution in [0, 0.1) is 17.8 Å². The van der Waals surface area contributed by atoms with Gasteiger partial charge in [0, 0.05) is 81.1 Å². The Morgan fingerprint density at radius 2 is 1.63 bits per heavy atom. The number of aromatic nitrogens is 1. The van der Waals surface area contributed by atoms with Crippen molar-refractivity contribution < 1.29 is 77.8 Å². The molecule has 3 saturated heterocycles. The molecule has 4 heterocycles. The average Bonchev–Trinajstić information content (AvgIpc) is 4.45. The van der Waals surface area contributed by atoms with E-state index in [1.165, 1.54) is 20.2 Å². The SMILES string of the molecule is CC[C@H]1OC(=O)[C@H](C)[C@@H](O[C@H]2C[C@@](C)(OC)[C@@H](OC(=O)NCCCOCCNc3ccc4c(c3)c(=O)c(C(=O)O)cn4C3CC3)[C@H](C)O2)[C@H](C)[C@@H](O[C@@H]2O[C@H](C)C[C@H](N(C)C)[C@H]2O)[C@](C)(O)C[C@@H](C)CN(C)[C@H](C)[C@@H](O)[C@]1(C)O. The number of ether oxygens (including phenoxy) is 8. The van der Waals surface area contributed by atoms with Crippen LogP contribution in [0.5, 0.6) is 0 Å². The van der Waals surface area contributed by atoms with Crippen LogP contribution < -0.4 is 16.1 Å². The maximum absolute atomic E-state index is 14.6. The number of aromatic carboxylic acids is 1. The summed E-state index contributed by atoms with van der Waals surface area (Å²) in [5.74, 6) is -4.15. The Labute approximate surface area is 465 Å². The zero-order chi connectivity index (χ0) is 58.5. The fourth-order valence-corrected chi connectivity index (χ4v) is 12.1. The molecule has 0 unspecified atom stereocenters. The molecule has 0 radical (unpaired) electrons. The number of rotatable bonds is 18. The molecule has 79 heavy (non-hydrogen) atoms. The minimum absolute atomic E-state index is 0.0217. The van der Waals surface area contributed by atoms with Crippen LogP contribution in [0.25, 0.3) is 10.9 Å². The second-order valence-electron chi connectivity index (χ2n) is 23.9. The summed E-state index contributed by atoms with van der Waals surface area (Å²) in [6.07, 6.45) is -6.16. The van der Waals surface area contributed by atoms with E-state index in [-0.39, 0.29) is 55.5 Å². The minimum Gasteiger partial charge on any atom is -0.477 e. The normalized spacial score (nSPS) is 37.5. The molecule has 22 nitrogen and oxygen atoms in total. The molecule has 0 bridgehead atoms. The number of carbonyl (C=O) groups is 3. The predicted molar refractivity (Wildman–Crippen MR) is 294 cm³/mol. The first-order valence-electron chi connectivity index (χ1n) is 28.3. The van der Waals surface area contributed by atoms with E-state index in [9.17, 15) is 44.7 Å². The number of hydrogen-bond acceptors (Lipinski definition) is 19. The predicted octanol–water partition coefficient (Wildman–Crippen LogP) is 4.50. The molecule has 1 aromatic heterocycles. The van der Waals surface area contributed by atoms with E-state index in [1.54, 1.807) is 54.5 Å². The topological polar surface area (TPSA) is 279 Å². The number of fused-ring (bicyclic) bond motifs is 1. The number of nitrogens with one attached hydrogen (secondary N) is 2. The summed E-state index contributed by atoms with van der Waals surface area (Å²) >= 11 is 0. The van der Waals surface area contributed by atoms with Crippen LogP contribution in [0.1, 0.15) is 131 Å². The summed E-state index contributed by atoms with van der Waals surface area (Å²) in [7, 11) is 7.06. The van der Waals surface area contributed by atoms with Crippen LogP contribution in [-0.2, 0) is 42.7 Å². The third kappa shape index (κ3) is 15.3. The monoisotopic (exact) mass is 1120 g/mol. The number of amides is 1. The van der Waals surface area contributed by atoms with Crippen molar-refractivity contribution in [1.29, 1.82) is 0 Å². The molecule has 6 rings (SSSR count). The molecule has 7 N–H and O–H groups in total. The highest BCUT2D eigenvalue weighted by atomic mass is 16.7. The largest absolute Gasteiger partial charge is 0.477 e. The first kappa shape index (κ1) is 64.1. The summed E-state index contributed by atoms with van der Waals surface area (Å²) < 4.78 is 52.4. The highest BCUT2D eigenvalue weighted by molar-refractivity contribution is 5.93. The molecule has 18 atom stereocenters. The maximum atomic E-state index is 14.6. The second-order valence-corrected chi connectivity index (χ2v) is 23.9. The number of hydrogen-bond donors (Lipinski definition) is 7. The van der Waals surface area contributed by atoms with Gasteiger partial charge in [0.1, 0.15) is 35.1 Å². The van der Waals surface area contributed by atoms with E-state index in [4.69, 9.17) is 37.9 Å². The van der Waals surface area contributed by atoms with Crippen molar-refractivity contribution in [2.24, 2.45) is 17.8 Å². The van der Waals surface area contributed by atoms with Crippen LogP contribution in [0.15, 0.2) is 29.2 Å². The van der Waals surface area contributed by atoms with Gasteiger partial charge in [-0.15, -0.1) is 0 Å². The van der Waals surface area contributed by atoms with Crippen molar-refractivity contribution in [3.63, 3.8) is 0 Å². The number of aliphatic hydroxyl groups is 4. The van der Waals surface area contributed by atoms with E-state index < -0.39 is 113 Å². The smallest absolute Gasteiger partial charge is 0.407 e. The van der Waals surface area contributed by atoms with Crippen LogP contribution in [0.4, 0.5) is 10.5 Å². The molecule has 1 aliphatic carbocycles. The number of aliphatic hydroxyl groups excluding tert-OH is 2. The van der Waals surface area contributed by atoms with E-state index in [0.717, 1.165) is 12.8 Å². The fraction of sp³-hybridized carbons (Fsp3) is 0.789. The molecule has 1 saturated carbocycles. The van der Waals surface area contributed by atoms with Gasteiger partial charge < -0.3 is 88.4 Å². The molecule has 2 aromatic rings. The Morgan fingerprint density at radius 1 is 0.937 bits per heavy atom. The van der Waals surface area contributed by atoms with Gasteiger partial charge >= 0.3 is 18.0 Å². The second kappa shape index (κ2) is 26.9. The van der Waals surface area contributed by atoms with Gasteiger partial charge in [-0.05, 0) is 132 Å². The van der Waals surface area contributed by atoms with E-state index in [2.05, 4.69) is 10.6 Å². The number of carboxylic acids is 1. The van der Waals surface area contributed by atoms with Gasteiger partial charge in [0.25, 0.3) is 0 Å². The Bertz CT molecular complexity index is 2420. The van der Waals surface area contributed by atoms with Crippen LogP contribution >= 0.6 is 0 Å². The molecule has 4 aliphatic rings. The highest BCUT2D eigenvalue weighted by Crippen LogP contribution is 2.42. The Balaban J connectivity index is 1.12. The Morgan fingerprint density at radius 3 is 2.27 bits per heavy atom. The molecular formula is C57H93N5O17. The molecule has 0 spiro atoms. The van der Waals surface area contributed by atoms with Crippen molar-refractivity contribution in [3.8, 4) is 0 Å². The minimum atomic E-state index is -1.87. The average molecular weight is 1120 g/mol. The number of carboxylic acid groups (broad SMARTS) is 1. The first-order valence-corrected chi connectivity index (χ1v) is 28.3. The summed E-state index contributed by atoms with van der Waals surface area (Å²) in [5.41, 5.74) is -4.12. The lowest BCUT2D eigenvalue weighted by molar-refractivity contribution is -0.317. The summed E-state index contributed by atoms with van der Waals surface area (Å²) in [6, 6.07) is 4.61. The zero-order valence-corrected chi connectivity index (χ0v) is 49.0. The van der Waals surface area contributed by atoms with Gasteiger partial charge in [-0.3, -0.25) is 9.59 Å². The number of carbonyl (C=O) groups excluding carboxylic acids is 2. The Hall–Kier alpha value is -4.04. The number of likely N-dealkylation sites (N-methyl/N-ethyl adjacent to an activating group) is 2. The zero-order valence-electron chi connectivity index (χ0n) is 49.0. The lowest BCUT2D eigenvalue weighted by Gasteiger charge is -2.49. The number of benzene rings is 1. The molecular weight excluding hydrogens is 1030 g/mol. The van der Waals surface area contributed by atoms with Gasteiger partial charge in [-0.25, -0.2) is 9.59 Å². The van der Waals surface area contributed by atoms with Gasteiger partial charge in [0.2, 0.25) is 5.43 Å². The number of esters is 1. The van der Waals surface area contributed by atoms with Gasteiger partial charge in [-0.2, -0.15) is 0 Å². The van der Waals surface area contributed by atoms with Gasteiger partial charge in [0.05, 0.1) is 48.1 Å². The molecule has 3 aliphatic heterocycles. The summed E-state index contributed by atoms with van der Waals surface area (Å²) in [4.78, 5) is 56.6. The van der Waals surface area contributed by atoms with E-state index in [0.29, 0.717) is 55.7 Å². The molecule has 4 fully saturated rings. The summed E-state index contributed by atoms with van der Waals surface area (Å²) in [5, 5.41) is 64.1. The third-order valence-electron chi connectivity index (χ3n) is 16.9. The fourth-order valence-electron chi connectivity index (χ4n) is 12.1. The van der Waals surface area contributed by atoms with Crippen molar-refractivity contribution >= 4 is 34.6 Å². The van der Waals surface area contributed by atoms with Crippen molar-refractivity contribution in [1.82, 2.24) is 19.7 Å². The number of pyridine rings is 1. The molecule has 22 heteroatoms. The van der Waals surface area contributed by atoms with Crippen molar-refractivity contribution in [3.05, 3.63) is 40.2 Å². The number of methoxy groups -OCH3 is 1. The first-order chi connectivity index (χ1) is 37.0. The van der Waals surface area contributed by atoms with Crippen LogP contribution in [0.2, 0.25) is 0 Å². The summed E-state index contributed by atoms with van der Waals surface area (Å²) in [6.45, 7) is 19.1. The standard InChI is InChI=1S/C57H93N5O17/c1-15-43-57(10,71)48(65)35(6)61(13)29-31(2)27-55(8,70)49(78-53-46(64)42(60(11)12)25-32(3)74-53)33(4)47(34(5)52(68)76-43)77-44-28-56(9,72-14)50(36(7)75-44)79-54(69)59-21-16-23-73-24-22-58-37-17-20-41-39(26-37)45(63)40(51(66)67)30-62(41)38-18-19-38/h17,20,26,30-36,38,42-44,46-50,53,58,64-65,70-71H,15-16,18-19,21-25,27-29H2,1-14H3,(H,59,69)(H,66,67)/t31-,32-,33+,34-,35-,36+,42+,43-,44+,46-,47+,48-,49-,50+,53+,55-,56-,57-/m1/s1. The molecule has 1 aromatic carbocycles. The molecule has 448 valence electrons. The van der Waals surface area contributed by atoms with Crippen molar-refractivity contribution in [2.75, 3.05) is 66.4 Å². The molecule has 1 amide bonds. The quantitative estimate of drug-likeness (QED) is 0.0799. The van der Waals surface area contributed by atoms with E-state index in [1.807, 2.05) is 61.5 Å². The van der Waals surface area contributed by atoms with Crippen LogP contribution in [0.3, 0.4) is 0 Å². The van der Waals surface area contributed by atoms with E-state index >= 15 is 0 Å². The highest BCUT2D eigenvalue weighted by Gasteiger charge is 2.54. The number of cyclic esters (lactones) is 1. The third-order valence-corrected chi connectivity index (χ3v) is 16.9. The lowest BCUT2D eigenvalue weighted by Crippen LogP contribution is -2.61.